The number of para-hydroxylation sites is 2. The predicted molar refractivity (Wildman–Crippen MR) is 81.7 cm³/mol. The van der Waals surface area contributed by atoms with Crippen molar-refractivity contribution in [1.82, 2.24) is 0 Å². The van der Waals surface area contributed by atoms with Crippen LogP contribution in [0.2, 0.25) is 0 Å². The van der Waals surface area contributed by atoms with E-state index in [9.17, 15) is 8.78 Å². The van der Waals surface area contributed by atoms with Gasteiger partial charge < -0.3 is 9.64 Å². The van der Waals surface area contributed by atoms with Crippen molar-refractivity contribution >= 4 is 21.6 Å². The van der Waals surface area contributed by atoms with Crippen LogP contribution in [-0.4, -0.2) is 13.2 Å². The van der Waals surface area contributed by atoms with E-state index in [1.807, 2.05) is 29.2 Å². The van der Waals surface area contributed by atoms with Crippen molar-refractivity contribution in [3.05, 3.63) is 58.1 Å². The van der Waals surface area contributed by atoms with Gasteiger partial charge in [-0.3, -0.25) is 0 Å². The maximum atomic E-state index is 14.2. The van der Waals surface area contributed by atoms with Crippen LogP contribution < -0.4 is 9.64 Å². The third-order valence-corrected chi connectivity index (χ3v) is 4.14. The Hall–Kier alpha value is -1.62. The fraction of sp³-hybridized carbons (Fsp3) is 0.250. The normalized spacial score (nSPS) is 14.3. The first-order valence-corrected chi connectivity index (χ1v) is 7.55. The van der Waals surface area contributed by atoms with Gasteiger partial charge in [0, 0.05) is 18.7 Å². The minimum absolute atomic E-state index is 0.0704. The summed E-state index contributed by atoms with van der Waals surface area (Å²) in [5, 5.41) is 0. The molecule has 0 aliphatic carbocycles. The van der Waals surface area contributed by atoms with Crippen molar-refractivity contribution in [3.8, 4) is 5.75 Å². The Bertz CT molecular complexity index is 663. The molecule has 0 N–H and O–H groups in total. The van der Waals surface area contributed by atoms with E-state index in [1.54, 1.807) is 0 Å². The van der Waals surface area contributed by atoms with Gasteiger partial charge in [-0.1, -0.05) is 12.1 Å². The van der Waals surface area contributed by atoms with Gasteiger partial charge in [0.1, 0.15) is 17.4 Å². The predicted octanol–water partition coefficient (Wildman–Crippen LogP) is 4.52. The van der Waals surface area contributed by atoms with Gasteiger partial charge >= 0.3 is 0 Å². The SMILES string of the molecule is Fc1ccc(Br)c(F)c1CN1CCCOc2ccccc21. The quantitative estimate of drug-likeness (QED) is 0.736. The van der Waals surface area contributed by atoms with Crippen molar-refractivity contribution in [2.24, 2.45) is 0 Å². The van der Waals surface area contributed by atoms with Crippen molar-refractivity contribution in [2.45, 2.75) is 13.0 Å². The highest BCUT2D eigenvalue weighted by atomic mass is 79.9. The summed E-state index contributed by atoms with van der Waals surface area (Å²) in [4.78, 5) is 1.95. The van der Waals surface area contributed by atoms with E-state index >= 15 is 0 Å². The molecule has 21 heavy (non-hydrogen) atoms. The lowest BCUT2D eigenvalue weighted by Crippen LogP contribution is -2.24. The standard InChI is InChI=1S/C16H14BrF2NO/c17-12-6-7-13(18)11(16(12)19)10-20-8-3-9-21-15-5-2-1-4-14(15)20/h1-2,4-7H,3,8-10H2. The van der Waals surface area contributed by atoms with Gasteiger partial charge in [0.25, 0.3) is 0 Å². The van der Waals surface area contributed by atoms with Crippen LogP contribution in [0.5, 0.6) is 5.75 Å². The number of halogens is 3. The average molecular weight is 354 g/mol. The largest absolute Gasteiger partial charge is 0.491 e. The van der Waals surface area contributed by atoms with E-state index < -0.39 is 11.6 Å². The molecule has 3 rings (SSSR count). The van der Waals surface area contributed by atoms with Crippen LogP contribution in [0, 0.1) is 11.6 Å². The molecule has 1 aliphatic rings. The van der Waals surface area contributed by atoms with Crippen LogP contribution >= 0.6 is 15.9 Å². The zero-order chi connectivity index (χ0) is 14.8. The first-order valence-electron chi connectivity index (χ1n) is 6.76. The van der Waals surface area contributed by atoms with Crippen LogP contribution in [0.1, 0.15) is 12.0 Å². The number of rotatable bonds is 2. The second-order valence-electron chi connectivity index (χ2n) is 4.91. The van der Waals surface area contributed by atoms with E-state index in [1.165, 1.54) is 12.1 Å². The van der Waals surface area contributed by atoms with Gasteiger partial charge in [0.15, 0.2) is 0 Å². The molecule has 0 atom stereocenters. The summed E-state index contributed by atoms with van der Waals surface area (Å²) in [7, 11) is 0. The molecular weight excluding hydrogens is 340 g/mol. The molecule has 2 aromatic rings. The highest BCUT2D eigenvalue weighted by Crippen LogP contribution is 2.33. The highest BCUT2D eigenvalue weighted by molar-refractivity contribution is 9.10. The van der Waals surface area contributed by atoms with Crippen molar-refractivity contribution in [3.63, 3.8) is 0 Å². The molecule has 110 valence electrons. The molecule has 1 aliphatic heterocycles. The molecule has 2 aromatic carbocycles. The third kappa shape index (κ3) is 2.88. The molecule has 0 fully saturated rings. The first-order chi connectivity index (χ1) is 10.2. The maximum Gasteiger partial charge on any atom is 0.145 e. The van der Waals surface area contributed by atoms with Gasteiger partial charge in [-0.05, 0) is 46.6 Å². The number of hydrogen-bond acceptors (Lipinski definition) is 2. The van der Waals surface area contributed by atoms with Gasteiger partial charge in [0.05, 0.1) is 16.8 Å². The Morgan fingerprint density at radius 1 is 1.14 bits per heavy atom. The number of nitrogens with zero attached hydrogens (tertiary/aromatic N) is 1. The van der Waals surface area contributed by atoms with Crippen LogP contribution in [-0.2, 0) is 6.54 Å². The molecule has 0 saturated heterocycles. The van der Waals surface area contributed by atoms with Gasteiger partial charge in [-0.2, -0.15) is 0 Å². The van der Waals surface area contributed by atoms with Crippen LogP contribution in [0.15, 0.2) is 40.9 Å². The average Bonchev–Trinajstić information content (AvgIpc) is 2.70. The summed E-state index contributed by atoms with van der Waals surface area (Å²) in [6.45, 7) is 1.48. The topological polar surface area (TPSA) is 12.5 Å². The Balaban J connectivity index is 1.97. The smallest absolute Gasteiger partial charge is 0.145 e. The zero-order valence-corrected chi connectivity index (χ0v) is 12.9. The van der Waals surface area contributed by atoms with Crippen molar-refractivity contribution in [2.75, 3.05) is 18.1 Å². The van der Waals surface area contributed by atoms with Crippen LogP contribution in [0.25, 0.3) is 0 Å². The molecule has 0 bridgehead atoms. The second-order valence-corrected chi connectivity index (χ2v) is 5.77. The minimum Gasteiger partial charge on any atom is -0.491 e. The van der Waals surface area contributed by atoms with E-state index in [4.69, 9.17) is 4.74 Å². The third-order valence-electron chi connectivity index (χ3n) is 3.52. The summed E-state index contributed by atoms with van der Waals surface area (Å²) in [6.07, 6.45) is 0.811. The fourth-order valence-corrected chi connectivity index (χ4v) is 2.84. The summed E-state index contributed by atoms with van der Waals surface area (Å²) >= 11 is 3.11. The Morgan fingerprint density at radius 3 is 2.81 bits per heavy atom. The van der Waals surface area contributed by atoms with Crippen LogP contribution in [0.3, 0.4) is 0 Å². The van der Waals surface area contributed by atoms with E-state index in [0.717, 1.165) is 17.9 Å². The lowest BCUT2D eigenvalue weighted by molar-refractivity contribution is 0.322. The molecular formula is C16H14BrF2NO. The molecule has 0 spiro atoms. The fourth-order valence-electron chi connectivity index (χ4n) is 2.47. The summed E-state index contributed by atoms with van der Waals surface area (Å²) in [5.41, 5.74) is 0.940. The minimum atomic E-state index is -0.544. The molecule has 5 heteroatoms. The number of ether oxygens (including phenoxy) is 1. The Morgan fingerprint density at radius 2 is 1.95 bits per heavy atom. The maximum absolute atomic E-state index is 14.2. The molecule has 1 heterocycles. The van der Waals surface area contributed by atoms with E-state index in [0.29, 0.717) is 13.2 Å². The highest BCUT2D eigenvalue weighted by Gasteiger charge is 2.20. The summed E-state index contributed by atoms with van der Waals surface area (Å²) < 4.78 is 34.0. The first kappa shape index (κ1) is 14.3. The molecule has 0 amide bonds. The number of anilines is 1. The van der Waals surface area contributed by atoms with E-state index in [2.05, 4.69) is 15.9 Å². The van der Waals surface area contributed by atoms with Crippen LogP contribution in [0.4, 0.5) is 14.5 Å². The number of benzene rings is 2. The van der Waals surface area contributed by atoms with E-state index in [-0.39, 0.29) is 16.6 Å². The van der Waals surface area contributed by atoms with Gasteiger partial charge in [0.2, 0.25) is 0 Å². The molecule has 2 nitrogen and oxygen atoms in total. The molecule has 0 aromatic heterocycles. The number of hydrogen-bond donors (Lipinski definition) is 0. The van der Waals surface area contributed by atoms with Crippen molar-refractivity contribution < 1.29 is 13.5 Å². The Kier molecular flexibility index (Phi) is 4.10. The summed E-state index contributed by atoms with van der Waals surface area (Å²) in [5.74, 6) is -0.318. The monoisotopic (exact) mass is 353 g/mol. The number of fused-ring (bicyclic) bond motifs is 1. The zero-order valence-electron chi connectivity index (χ0n) is 11.3. The Labute approximate surface area is 130 Å². The molecule has 0 radical (unpaired) electrons. The molecule has 0 unspecified atom stereocenters. The lowest BCUT2D eigenvalue weighted by atomic mass is 10.1. The lowest BCUT2D eigenvalue weighted by Gasteiger charge is -2.24. The van der Waals surface area contributed by atoms with Crippen molar-refractivity contribution in [1.29, 1.82) is 0 Å². The summed E-state index contributed by atoms with van der Waals surface area (Å²) in [6, 6.07) is 10.2. The van der Waals surface area contributed by atoms with Gasteiger partial charge in [-0.25, -0.2) is 8.78 Å². The second kappa shape index (κ2) is 6.02. The molecule has 0 saturated carbocycles. The van der Waals surface area contributed by atoms with Gasteiger partial charge in [-0.15, -0.1) is 0 Å².